The summed E-state index contributed by atoms with van der Waals surface area (Å²) >= 11 is 0. The van der Waals surface area contributed by atoms with Crippen molar-refractivity contribution >= 4 is 5.96 Å². The lowest BCUT2D eigenvalue weighted by molar-refractivity contribution is 0.167. The molecule has 32 heavy (non-hydrogen) atoms. The molecule has 1 fully saturated rings. The topological polar surface area (TPSA) is 18.8 Å². The van der Waals surface area contributed by atoms with E-state index >= 15 is 0 Å². The Morgan fingerprint density at radius 3 is 1.62 bits per heavy atom. The molecule has 1 rings (SSSR count). The van der Waals surface area contributed by atoms with E-state index in [-0.39, 0.29) is 5.54 Å². The summed E-state index contributed by atoms with van der Waals surface area (Å²) in [6, 6.07) is 0. The summed E-state index contributed by atoms with van der Waals surface area (Å²) in [4.78, 5) is 10.4. The van der Waals surface area contributed by atoms with Crippen molar-refractivity contribution in [1.29, 1.82) is 0 Å². The van der Waals surface area contributed by atoms with Crippen LogP contribution < -0.4 is 0 Å². The number of nitrogens with zero attached hydrogens (tertiary/aromatic N) is 3. The van der Waals surface area contributed by atoms with Crippen LogP contribution in [0.4, 0.5) is 0 Å². The maximum Gasteiger partial charge on any atom is 0.197 e. The Balaban J connectivity index is 2.79. The van der Waals surface area contributed by atoms with Gasteiger partial charge in [-0.15, -0.1) is 0 Å². The minimum atomic E-state index is -0.0403. The van der Waals surface area contributed by atoms with Gasteiger partial charge in [0, 0.05) is 26.2 Å². The fourth-order valence-corrected chi connectivity index (χ4v) is 5.73. The predicted molar refractivity (Wildman–Crippen MR) is 145 cm³/mol. The first-order valence-electron chi connectivity index (χ1n) is 13.3. The van der Waals surface area contributed by atoms with Crippen LogP contribution >= 0.6 is 0 Å². The third kappa shape index (κ3) is 11.4. The lowest BCUT2D eigenvalue weighted by Gasteiger charge is -2.36. The predicted octanol–water partition coefficient (Wildman–Crippen LogP) is 8.24. The average Bonchev–Trinajstić information content (AvgIpc) is 2.90. The first kappa shape index (κ1) is 29.3. The van der Waals surface area contributed by atoms with Crippen LogP contribution in [0.25, 0.3) is 0 Å². The molecule has 0 unspecified atom stereocenters. The molecule has 0 bridgehead atoms. The molecule has 0 amide bonds. The minimum Gasteiger partial charge on any atom is -0.341 e. The van der Waals surface area contributed by atoms with Gasteiger partial charge < -0.3 is 9.80 Å². The zero-order valence-corrected chi connectivity index (χ0v) is 24.4. The van der Waals surface area contributed by atoms with E-state index < -0.39 is 0 Å². The number of guanidine groups is 1. The van der Waals surface area contributed by atoms with Crippen molar-refractivity contribution in [2.45, 2.75) is 134 Å². The van der Waals surface area contributed by atoms with Crippen LogP contribution in [-0.4, -0.2) is 47.5 Å². The van der Waals surface area contributed by atoms with Crippen LogP contribution in [0.1, 0.15) is 129 Å². The van der Waals surface area contributed by atoms with Crippen molar-refractivity contribution in [3.05, 3.63) is 0 Å². The van der Waals surface area contributed by atoms with E-state index in [2.05, 4.69) is 99.8 Å². The molecule has 1 heterocycles. The fourth-order valence-electron chi connectivity index (χ4n) is 5.73. The second-order valence-corrected chi connectivity index (χ2v) is 15.2. The van der Waals surface area contributed by atoms with Crippen molar-refractivity contribution in [2.75, 3.05) is 26.2 Å². The number of hydrogen-bond donors (Lipinski definition) is 0. The minimum absolute atomic E-state index is 0.0403. The Morgan fingerprint density at radius 2 is 1.16 bits per heavy atom. The van der Waals surface area contributed by atoms with Crippen molar-refractivity contribution in [2.24, 2.45) is 26.7 Å². The van der Waals surface area contributed by atoms with Crippen LogP contribution in [0.5, 0.6) is 0 Å². The summed E-state index contributed by atoms with van der Waals surface area (Å²) in [5.74, 6) is 1.25. The highest BCUT2D eigenvalue weighted by molar-refractivity contribution is 5.82. The van der Waals surface area contributed by atoms with Crippen LogP contribution in [-0.2, 0) is 0 Å². The second-order valence-electron chi connectivity index (χ2n) is 15.2. The highest BCUT2D eigenvalue weighted by atomic mass is 15.4. The summed E-state index contributed by atoms with van der Waals surface area (Å²) in [6.45, 7) is 35.2. The Morgan fingerprint density at radius 1 is 0.656 bits per heavy atom. The highest BCUT2D eigenvalue weighted by Gasteiger charge is 2.32. The third-order valence-electron chi connectivity index (χ3n) is 6.90. The molecule has 190 valence electrons. The van der Waals surface area contributed by atoms with E-state index in [0.717, 1.165) is 26.2 Å². The first-order valence-corrected chi connectivity index (χ1v) is 13.3. The van der Waals surface area contributed by atoms with Gasteiger partial charge in [-0.2, -0.15) is 0 Å². The molecular formula is C29H59N3. The van der Waals surface area contributed by atoms with Gasteiger partial charge in [0.2, 0.25) is 0 Å². The van der Waals surface area contributed by atoms with Crippen LogP contribution in [0.3, 0.4) is 0 Å². The lowest BCUT2D eigenvalue weighted by atomic mass is 9.72. The zero-order valence-electron chi connectivity index (χ0n) is 24.4. The molecule has 0 aromatic rings. The van der Waals surface area contributed by atoms with E-state index in [1.807, 2.05) is 0 Å². The maximum absolute atomic E-state index is 5.21. The molecule has 1 saturated heterocycles. The van der Waals surface area contributed by atoms with Gasteiger partial charge in [0.1, 0.15) is 0 Å². The molecule has 3 heteroatoms. The van der Waals surface area contributed by atoms with Gasteiger partial charge in [-0.3, -0.25) is 0 Å². The molecule has 0 saturated carbocycles. The van der Waals surface area contributed by atoms with Crippen molar-refractivity contribution in [1.82, 2.24) is 9.80 Å². The standard InChI is InChI=1S/C29H59N3/c1-14-27(8,9)23-29(12,13)17-19-32-21-20-31(24(32)30-26(5,6)7)18-15-16-28(10,11)22-25(2,3)4/h14-23H2,1-13H3. The summed E-state index contributed by atoms with van der Waals surface area (Å²) in [5.41, 5.74) is 1.53. The molecule has 3 nitrogen and oxygen atoms in total. The molecule has 0 aliphatic carbocycles. The second kappa shape index (κ2) is 10.7. The van der Waals surface area contributed by atoms with E-state index in [9.17, 15) is 0 Å². The van der Waals surface area contributed by atoms with Crippen molar-refractivity contribution < 1.29 is 0 Å². The highest BCUT2D eigenvalue weighted by Crippen LogP contribution is 2.39. The van der Waals surface area contributed by atoms with Crippen molar-refractivity contribution in [3.63, 3.8) is 0 Å². The molecule has 0 N–H and O–H groups in total. The molecule has 0 radical (unpaired) electrons. The number of rotatable bonds is 11. The number of aliphatic imine (C=N–C) groups is 1. The van der Waals surface area contributed by atoms with Gasteiger partial charge in [0.15, 0.2) is 5.96 Å². The van der Waals surface area contributed by atoms with Crippen LogP contribution in [0, 0.1) is 21.7 Å². The third-order valence-corrected chi connectivity index (χ3v) is 6.90. The largest absolute Gasteiger partial charge is 0.341 e. The monoisotopic (exact) mass is 449 g/mol. The van der Waals surface area contributed by atoms with E-state index in [1.165, 1.54) is 44.5 Å². The van der Waals surface area contributed by atoms with Gasteiger partial charge in [0.25, 0.3) is 0 Å². The van der Waals surface area contributed by atoms with E-state index in [4.69, 9.17) is 4.99 Å². The Labute approximate surface area is 202 Å². The van der Waals surface area contributed by atoms with E-state index in [0.29, 0.717) is 21.7 Å². The quantitative estimate of drug-likeness (QED) is 0.316. The normalized spacial score (nSPS) is 18.2. The summed E-state index contributed by atoms with van der Waals surface area (Å²) < 4.78 is 0. The van der Waals surface area contributed by atoms with Crippen LogP contribution in [0.2, 0.25) is 0 Å². The van der Waals surface area contributed by atoms with Gasteiger partial charge in [-0.1, -0.05) is 75.7 Å². The summed E-state index contributed by atoms with van der Waals surface area (Å²) in [5, 5.41) is 0. The van der Waals surface area contributed by atoms with E-state index in [1.54, 1.807) is 0 Å². The molecule has 0 atom stereocenters. The van der Waals surface area contributed by atoms with Crippen LogP contribution in [0.15, 0.2) is 4.99 Å². The first-order chi connectivity index (χ1) is 14.2. The molecule has 1 aliphatic heterocycles. The average molecular weight is 450 g/mol. The summed E-state index contributed by atoms with van der Waals surface area (Å²) in [7, 11) is 0. The van der Waals surface area contributed by atoms with Gasteiger partial charge >= 0.3 is 0 Å². The molecule has 0 spiro atoms. The van der Waals surface area contributed by atoms with Gasteiger partial charge in [-0.25, -0.2) is 4.99 Å². The molecule has 1 aliphatic rings. The summed E-state index contributed by atoms with van der Waals surface area (Å²) in [6.07, 6.45) is 7.56. The SMILES string of the molecule is CCC(C)(C)CC(C)(C)CCN1CCN(CCCC(C)(C)CC(C)(C)C)C1=NC(C)(C)C. The molecule has 0 aromatic carbocycles. The fraction of sp³-hybridized carbons (Fsp3) is 0.966. The van der Waals surface area contributed by atoms with Crippen molar-refractivity contribution in [3.8, 4) is 0 Å². The molecule has 0 aromatic heterocycles. The molecular weight excluding hydrogens is 390 g/mol. The Hall–Kier alpha value is -0.730. The lowest BCUT2D eigenvalue weighted by Crippen LogP contribution is -2.38. The number of hydrogen-bond acceptors (Lipinski definition) is 1. The zero-order chi connectivity index (χ0) is 25.0. The Kier molecular flexibility index (Phi) is 9.78. The van der Waals surface area contributed by atoms with Gasteiger partial charge in [-0.05, 0) is 74.5 Å². The smallest absolute Gasteiger partial charge is 0.197 e. The van der Waals surface area contributed by atoms with Gasteiger partial charge in [0.05, 0.1) is 5.54 Å². The Bertz CT molecular complexity index is 599. The maximum atomic E-state index is 5.21.